The number of benzene rings is 2. The number of aromatic nitrogens is 1. The third-order valence-electron chi connectivity index (χ3n) is 4.74. The highest BCUT2D eigenvalue weighted by Crippen LogP contribution is 2.33. The minimum Gasteiger partial charge on any atom is -0.494 e. The van der Waals surface area contributed by atoms with Gasteiger partial charge >= 0.3 is 0 Å². The third-order valence-corrected chi connectivity index (χ3v) is 5.92. The van der Waals surface area contributed by atoms with Crippen LogP contribution in [0.3, 0.4) is 0 Å². The maximum Gasteiger partial charge on any atom is 0.272 e. The van der Waals surface area contributed by atoms with Gasteiger partial charge in [0.05, 0.1) is 18.5 Å². The van der Waals surface area contributed by atoms with Crippen molar-refractivity contribution in [2.75, 3.05) is 37.0 Å². The number of halogens is 2. The summed E-state index contributed by atoms with van der Waals surface area (Å²) in [5, 5.41) is 4.13. The van der Waals surface area contributed by atoms with Gasteiger partial charge in [-0.1, -0.05) is 23.7 Å². The number of rotatable bonds is 4. The molecule has 150 valence electrons. The number of fused-ring (bicyclic) bond motifs is 1. The van der Waals surface area contributed by atoms with Crippen molar-refractivity contribution in [3.8, 4) is 5.75 Å². The second-order valence-corrected chi connectivity index (χ2v) is 8.23. The first-order valence-electron chi connectivity index (χ1n) is 9.13. The van der Waals surface area contributed by atoms with Crippen LogP contribution in [-0.4, -0.2) is 47.5 Å². The molecule has 0 saturated carbocycles. The summed E-state index contributed by atoms with van der Waals surface area (Å²) < 4.78 is 19.8. The number of anilines is 2. The summed E-state index contributed by atoms with van der Waals surface area (Å²) in [5.74, 6) is 1.74. The Hall–Kier alpha value is -2.51. The van der Waals surface area contributed by atoms with E-state index in [0.29, 0.717) is 40.8 Å². The predicted molar refractivity (Wildman–Crippen MR) is 116 cm³/mol. The second kappa shape index (κ2) is 8.47. The smallest absolute Gasteiger partial charge is 0.272 e. The number of hydrogen-bond donors (Lipinski definition) is 1. The number of amides is 1. The normalized spacial score (nSPS) is 14.1. The second-order valence-electron chi connectivity index (χ2n) is 6.57. The lowest BCUT2D eigenvalue weighted by Gasteiger charge is -2.26. The molecule has 0 atom stereocenters. The van der Waals surface area contributed by atoms with Gasteiger partial charge in [-0.05, 0) is 30.3 Å². The molecule has 0 bridgehead atoms. The van der Waals surface area contributed by atoms with E-state index in [1.54, 1.807) is 36.3 Å². The molecule has 8 heteroatoms. The molecule has 0 radical (unpaired) electrons. The summed E-state index contributed by atoms with van der Waals surface area (Å²) in [6, 6.07) is 11.5. The first-order chi connectivity index (χ1) is 14.1. The summed E-state index contributed by atoms with van der Waals surface area (Å²) in [6.07, 6.45) is 0. The van der Waals surface area contributed by atoms with E-state index in [9.17, 15) is 9.18 Å². The molecule has 0 spiro atoms. The number of ether oxygens (including phenoxy) is 1. The molecule has 4 rings (SSSR count). The van der Waals surface area contributed by atoms with Gasteiger partial charge in [-0.15, -0.1) is 0 Å². The Kier molecular flexibility index (Phi) is 5.78. The molecule has 1 fully saturated rings. The summed E-state index contributed by atoms with van der Waals surface area (Å²) in [6.45, 7) is 1.37. The first-order valence-corrected chi connectivity index (χ1v) is 10.7. The highest BCUT2D eigenvalue weighted by molar-refractivity contribution is 7.99. The van der Waals surface area contributed by atoms with Crippen molar-refractivity contribution in [3.63, 3.8) is 0 Å². The number of para-hydroxylation sites is 1. The maximum absolute atomic E-state index is 14.4. The lowest BCUT2D eigenvalue weighted by atomic mass is 10.1. The number of carbonyl (C=O) groups is 1. The molecule has 1 N–H and O–H groups in total. The van der Waals surface area contributed by atoms with Crippen LogP contribution in [0.25, 0.3) is 10.9 Å². The number of pyridine rings is 1. The van der Waals surface area contributed by atoms with E-state index in [2.05, 4.69) is 10.3 Å². The number of nitrogens with one attached hydrogen (secondary N) is 1. The van der Waals surface area contributed by atoms with Crippen LogP contribution in [0.4, 0.5) is 15.8 Å². The van der Waals surface area contributed by atoms with Crippen LogP contribution in [0.15, 0.2) is 42.5 Å². The number of thioether (sulfide) groups is 1. The zero-order valence-corrected chi connectivity index (χ0v) is 17.3. The molecule has 2 heterocycles. The van der Waals surface area contributed by atoms with Crippen molar-refractivity contribution in [3.05, 3.63) is 59.0 Å². The van der Waals surface area contributed by atoms with Crippen molar-refractivity contribution in [2.45, 2.75) is 0 Å². The number of nitrogens with zero attached hydrogens (tertiary/aromatic N) is 2. The van der Waals surface area contributed by atoms with Gasteiger partial charge in [0.2, 0.25) is 0 Å². The zero-order valence-electron chi connectivity index (χ0n) is 15.7. The van der Waals surface area contributed by atoms with Crippen LogP contribution >= 0.6 is 23.4 Å². The Morgan fingerprint density at radius 1 is 1.21 bits per heavy atom. The summed E-state index contributed by atoms with van der Waals surface area (Å²) in [7, 11) is 1.55. The Labute approximate surface area is 177 Å². The molecule has 0 aliphatic carbocycles. The summed E-state index contributed by atoms with van der Waals surface area (Å²) >= 11 is 7.69. The fourth-order valence-electron chi connectivity index (χ4n) is 3.26. The van der Waals surface area contributed by atoms with E-state index in [0.717, 1.165) is 16.9 Å². The highest BCUT2D eigenvalue weighted by atomic mass is 35.5. The molecule has 2 aromatic carbocycles. The van der Waals surface area contributed by atoms with Gasteiger partial charge < -0.3 is 15.0 Å². The molecule has 1 aromatic heterocycles. The quantitative estimate of drug-likeness (QED) is 0.632. The molecule has 1 saturated heterocycles. The molecular weight excluding hydrogens is 413 g/mol. The topological polar surface area (TPSA) is 54.5 Å². The predicted octanol–water partition coefficient (Wildman–Crippen LogP) is 4.97. The molecule has 5 nitrogen and oxygen atoms in total. The molecule has 1 aliphatic rings. The van der Waals surface area contributed by atoms with Crippen LogP contribution in [0, 0.1) is 5.82 Å². The third kappa shape index (κ3) is 4.11. The largest absolute Gasteiger partial charge is 0.494 e. The Morgan fingerprint density at radius 2 is 2.00 bits per heavy atom. The van der Waals surface area contributed by atoms with Gasteiger partial charge in [0.15, 0.2) is 0 Å². The number of methoxy groups -OCH3 is 1. The molecule has 29 heavy (non-hydrogen) atoms. The molecule has 1 amide bonds. The fourth-order valence-corrected chi connectivity index (χ4v) is 4.33. The van der Waals surface area contributed by atoms with Crippen LogP contribution in [0.1, 0.15) is 10.5 Å². The highest BCUT2D eigenvalue weighted by Gasteiger charge is 2.22. The van der Waals surface area contributed by atoms with E-state index in [4.69, 9.17) is 16.3 Å². The molecule has 1 aliphatic heterocycles. The van der Waals surface area contributed by atoms with Gasteiger partial charge in [-0.2, -0.15) is 11.8 Å². The summed E-state index contributed by atoms with van der Waals surface area (Å²) in [4.78, 5) is 19.4. The van der Waals surface area contributed by atoms with Crippen LogP contribution < -0.4 is 10.1 Å². The average molecular weight is 432 g/mol. The van der Waals surface area contributed by atoms with Crippen molar-refractivity contribution < 1.29 is 13.9 Å². The van der Waals surface area contributed by atoms with Gasteiger partial charge in [0, 0.05) is 35.0 Å². The molecular formula is C21H19ClFN3O2S. The SMILES string of the molecule is COc1cccc2c(Nc3ccc(Cl)cc3F)cc(C(=O)N3CCSCC3)nc12. The van der Waals surface area contributed by atoms with Gasteiger partial charge in [-0.3, -0.25) is 4.79 Å². The maximum atomic E-state index is 14.4. The van der Waals surface area contributed by atoms with Gasteiger partial charge in [-0.25, -0.2) is 9.37 Å². The van der Waals surface area contributed by atoms with Crippen molar-refractivity contribution in [1.82, 2.24) is 9.88 Å². The lowest BCUT2D eigenvalue weighted by molar-refractivity contribution is 0.0767. The Balaban J connectivity index is 1.82. The van der Waals surface area contributed by atoms with Crippen molar-refractivity contribution in [2.24, 2.45) is 0 Å². The Morgan fingerprint density at radius 3 is 2.72 bits per heavy atom. The Bertz CT molecular complexity index is 1070. The minimum atomic E-state index is -0.480. The number of carbonyl (C=O) groups excluding carboxylic acids is 1. The van der Waals surface area contributed by atoms with E-state index in [1.165, 1.54) is 6.07 Å². The monoisotopic (exact) mass is 431 g/mol. The van der Waals surface area contributed by atoms with E-state index in [1.807, 2.05) is 23.9 Å². The standard InChI is InChI=1S/C21H19ClFN3O2S/c1-28-19-4-2-3-14-17(24-16-6-5-13(22)11-15(16)23)12-18(25-20(14)19)21(27)26-7-9-29-10-8-26/h2-6,11-12H,7-10H2,1H3,(H,24,25). The van der Waals surface area contributed by atoms with Gasteiger partial charge in [0.25, 0.3) is 5.91 Å². The van der Waals surface area contributed by atoms with Crippen molar-refractivity contribution >= 4 is 51.5 Å². The lowest BCUT2D eigenvalue weighted by Crippen LogP contribution is -2.38. The van der Waals surface area contributed by atoms with E-state index in [-0.39, 0.29) is 11.6 Å². The average Bonchev–Trinajstić information content (AvgIpc) is 2.75. The molecule has 3 aromatic rings. The summed E-state index contributed by atoms with van der Waals surface area (Å²) in [5.41, 5.74) is 1.68. The van der Waals surface area contributed by atoms with Crippen molar-refractivity contribution in [1.29, 1.82) is 0 Å². The fraction of sp³-hybridized carbons (Fsp3) is 0.238. The minimum absolute atomic E-state index is 0.141. The first kappa shape index (κ1) is 19.8. The van der Waals surface area contributed by atoms with Crippen LogP contribution in [-0.2, 0) is 0 Å². The zero-order chi connectivity index (χ0) is 20.4. The molecule has 0 unspecified atom stereocenters. The van der Waals surface area contributed by atoms with Gasteiger partial charge in [0.1, 0.15) is 22.8 Å². The van der Waals surface area contributed by atoms with Crippen LogP contribution in [0.2, 0.25) is 5.02 Å². The van der Waals surface area contributed by atoms with E-state index < -0.39 is 5.82 Å². The van der Waals surface area contributed by atoms with Crippen LogP contribution in [0.5, 0.6) is 5.75 Å². The van der Waals surface area contributed by atoms with E-state index >= 15 is 0 Å². The number of hydrogen-bond acceptors (Lipinski definition) is 5.